The number of amides is 2. The second-order valence-corrected chi connectivity index (χ2v) is 6.53. The Hall–Kier alpha value is -2.34. The molecule has 2 atom stereocenters. The van der Waals surface area contributed by atoms with Crippen LogP contribution >= 0.6 is 0 Å². The third-order valence-corrected chi connectivity index (χ3v) is 4.63. The van der Waals surface area contributed by atoms with Gasteiger partial charge in [-0.15, -0.1) is 0 Å². The van der Waals surface area contributed by atoms with E-state index in [9.17, 15) is 4.79 Å². The molecule has 0 spiro atoms. The van der Waals surface area contributed by atoms with Gasteiger partial charge in [0.2, 0.25) is 0 Å². The van der Waals surface area contributed by atoms with E-state index >= 15 is 0 Å². The molecule has 0 radical (unpaired) electrons. The van der Waals surface area contributed by atoms with E-state index in [2.05, 4.69) is 29.5 Å². The molecule has 6 nitrogen and oxygen atoms in total. The number of nitrogens with one attached hydrogen (secondary N) is 1. The molecular formula is C19H26N4O2. The third kappa shape index (κ3) is 4.39. The Balaban J connectivity index is 1.52. The summed E-state index contributed by atoms with van der Waals surface area (Å²) in [6.07, 6.45) is 4.48. The Morgan fingerprint density at radius 2 is 2.20 bits per heavy atom. The smallest absolute Gasteiger partial charge is 0.317 e. The summed E-state index contributed by atoms with van der Waals surface area (Å²) in [6.45, 7) is 6.68. The molecule has 0 bridgehead atoms. The van der Waals surface area contributed by atoms with E-state index < -0.39 is 0 Å². The number of aromatic nitrogens is 2. The Labute approximate surface area is 148 Å². The second kappa shape index (κ2) is 8.16. The van der Waals surface area contributed by atoms with Crippen LogP contribution in [0.1, 0.15) is 30.6 Å². The molecule has 1 saturated heterocycles. The van der Waals surface area contributed by atoms with E-state index in [1.807, 2.05) is 40.9 Å². The Bertz CT molecular complexity index is 686. The number of hydrogen-bond acceptors (Lipinski definition) is 3. The van der Waals surface area contributed by atoms with Gasteiger partial charge in [-0.2, -0.15) is 5.10 Å². The number of hydrogen-bond donors (Lipinski definition) is 1. The van der Waals surface area contributed by atoms with Crippen molar-refractivity contribution in [1.29, 1.82) is 0 Å². The lowest BCUT2D eigenvalue weighted by molar-refractivity contribution is -0.0430. The normalized spacial score (nSPS) is 20.5. The van der Waals surface area contributed by atoms with Crippen molar-refractivity contribution in [3.8, 4) is 0 Å². The predicted molar refractivity (Wildman–Crippen MR) is 96.3 cm³/mol. The van der Waals surface area contributed by atoms with Crippen LogP contribution in [0.3, 0.4) is 0 Å². The van der Waals surface area contributed by atoms with E-state index in [0.29, 0.717) is 19.7 Å². The zero-order chi connectivity index (χ0) is 17.6. The monoisotopic (exact) mass is 342 g/mol. The molecule has 1 aliphatic heterocycles. The highest BCUT2D eigenvalue weighted by Crippen LogP contribution is 2.27. The van der Waals surface area contributed by atoms with Crippen LogP contribution in [0, 0.1) is 6.92 Å². The summed E-state index contributed by atoms with van der Waals surface area (Å²) in [5, 5.41) is 7.19. The van der Waals surface area contributed by atoms with E-state index in [1.54, 1.807) is 6.20 Å². The van der Waals surface area contributed by atoms with Crippen molar-refractivity contribution in [1.82, 2.24) is 20.0 Å². The lowest BCUT2D eigenvalue weighted by Crippen LogP contribution is -2.52. The zero-order valence-corrected chi connectivity index (χ0v) is 14.9. The van der Waals surface area contributed by atoms with Crippen molar-refractivity contribution in [3.05, 3.63) is 53.9 Å². The van der Waals surface area contributed by atoms with Crippen LogP contribution in [0.15, 0.2) is 42.7 Å². The SMILES string of the molecule is Cc1ccccc1[C@@H]1CN(C(=O)NCCCn2cccn2)[C@@H](C)CO1. The molecule has 0 aliphatic carbocycles. The highest BCUT2D eigenvalue weighted by molar-refractivity contribution is 5.74. The van der Waals surface area contributed by atoms with E-state index in [4.69, 9.17) is 4.74 Å². The minimum atomic E-state index is -0.0628. The molecule has 134 valence electrons. The number of aryl methyl sites for hydroxylation is 2. The highest BCUT2D eigenvalue weighted by atomic mass is 16.5. The maximum absolute atomic E-state index is 12.6. The van der Waals surface area contributed by atoms with Gasteiger partial charge in [-0.25, -0.2) is 4.79 Å². The molecule has 6 heteroatoms. The first kappa shape index (κ1) is 17.5. The van der Waals surface area contributed by atoms with Crippen LogP contribution in [0.5, 0.6) is 0 Å². The fraction of sp³-hybridized carbons (Fsp3) is 0.474. The van der Waals surface area contributed by atoms with Gasteiger partial charge in [-0.1, -0.05) is 24.3 Å². The number of nitrogens with zero attached hydrogens (tertiary/aromatic N) is 3. The van der Waals surface area contributed by atoms with Crippen molar-refractivity contribution in [2.45, 2.75) is 39.0 Å². The van der Waals surface area contributed by atoms with Crippen molar-refractivity contribution >= 4 is 6.03 Å². The minimum Gasteiger partial charge on any atom is -0.370 e. The van der Waals surface area contributed by atoms with Crippen LogP contribution < -0.4 is 5.32 Å². The van der Waals surface area contributed by atoms with Crippen LogP contribution in [0.2, 0.25) is 0 Å². The molecule has 2 aromatic rings. The summed E-state index contributed by atoms with van der Waals surface area (Å²) < 4.78 is 7.85. The molecule has 1 fully saturated rings. The first-order chi connectivity index (χ1) is 12.1. The lowest BCUT2D eigenvalue weighted by Gasteiger charge is -2.38. The number of rotatable bonds is 5. The number of ether oxygens (including phenoxy) is 1. The first-order valence-electron chi connectivity index (χ1n) is 8.84. The molecule has 1 aromatic heterocycles. The Morgan fingerprint density at radius 1 is 1.36 bits per heavy atom. The van der Waals surface area contributed by atoms with Crippen LogP contribution in [0.25, 0.3) is 0 Å². The predicted octanol–water partition coefficient (Wildman–Crippen LogP) is 2.75. The van der Waals surface area contributed by atoms with Gasteiger partial charge in [0.1, 0.15) is 6.10 Å². The summed E-state index contributed by atoms with van der Waals surface area (Å²) in [6, 6.07) is 10.2. The van der Waals surface area contributed by atoms with Crippen molar-refractivity contribution in [2.75, 3.05) is 19.7 Å². The molecule has 2 amide bonds. The maximum Gasteiger partial charge on any atom is 0.317 e. The summed E-state index contributed by atoms with van der Waals surface area (Å²) in [4.78, 5) is 14.5. The molecule has 0 unspecified atom stereocenters. The molecule has 2 heterocycles. The van der Waals surface area contributed by atoms with Crippen LogP contribution in [-0.4, -0.2) is 46.4 Å². The average Bonchev–Trinajstić information content (AvgIpc) is 3.13. The van der Waals surface area contributed by atoms with E-state index in [0.717, 1.165) is 18.5 Å². The third-order valence-electron chi connectivity index (χ3n) is 4.63. The average molecular weight is 342 g/mol. The van der Waals surface area contributed by atoms with E-state index in [1.165, 1.54) is 5.56 Å². The van der Waals surface area contributed by atoms with Gasteiger partial charge in [0.25, 0.3) is 0 Å². The molecule has 1 aliphatic rings. The number of benzene rings is 1. The van der Waals surface area contributed by atoms with E-state index in [-0.39, 0.29) is 18.2 Å². The van der Waals surface area contributed by atoms with Crippen molar-refractivity contribution < 1.29 is 9.53 Å². The minimum absolute atomic E-state index is 0.0187. The summed E-state index contributed by atoms with van der Waals surface area (Å²) in [5.74, 6) is 0. The Kier molecular flexibility index (Phi) is 5.71. The largest absolute Gasteiger partial charge is 0.370 e. The van der Waals surface area contributed by atoms with Gasteiger partial charge >= 0.3 is 6.03 Å². The zero-order valence-electron chi connectivity index (χ0n) is 14.9. The maximum atomic E-state index is 12.6. The van der Waals surface area contributed by atoms with Gasteiger partial charge in [-0.3, -0.25) is 4.68 Å². The molecule has 1 aromatic carbocycles. The van der Waals surface area contributed by atoms with Gasteiger partial charge in [0.15, 0.2) is 0 Å². The topological polar surface area (TPSA) is 59.4 Å². The van der Waals surface area contributed by atoms with Crippen LogP contribution in [-0.2, 0) is 11.3 Å². The standard InChI is InChI=1S/C19H26N4O2/c1-15-7-3-4-8-17(15)18-13-23(16(2)14-25-18)19(24)20-9-5-11-22-12-6-10-21-22/h3-4,6-8,10,12,16,18H,5,9,11,13-14H2,1-2H3,(H,20,24)/t16-,18-/m0/s1. The molecule has 25 heavy (non-hydrogen) atoms. The second-order valence-electron chi connectivity index (χ2n) is 6.53. The molecular weight excluding hydrogens is 316 g/mol. The Morgan fingerprint density at radius 3 is 2.96 bits per heavy atom. The number of carbonyl (C=O) groups is 1. The fourth-order valence-electron chi connectivity index (χ4n) is 3.15. The highest BCUT2D eigenvalue weighted by Gasteiger charge is 2.30. The summed E-state index contributed by atoms with van der Waals surface area (Å²) in [5.41, 5.74) is 2.35. The molecule has 3 rings (SSSR count). The number of morpholine rings is 1. The van der Waals surface area contributed by atoms with Gasteiger partial charge in [-0.05, 0) is 37.5 Å². The number of carbonyl (C=O) groups excluding carboxylic acids is 1. The van der Waals surface area contributed by atoms with Crippen molar-refractivity contribution in [3.63, 3.8) is 0 Å². The molecule has 0 saturated carbocycles. The number of urea groups is 1. The molecule has 1 N–H and O–H groups in total. The quantitative estimate of drug-likeness (QED) is 0.850. The van der Waals surface area contributed by atoms with Gasteiger partial charge in [0.05, 0.1) is 19.2 Å². The first-order valence-corrected chi connectivity index (χ1v) is 8.84. The summed E-state index contributed by atoms with van der Waals surface area (Å²) in [7, 11) is 0. The lowest BCUT2D eigenvalue weighted by atomic mass is 10.0. The van der Waals surface area contributed by atoms with Gasteiger partial charge in [0, 0.05) is 25.5 Å². The summed E-state index contributed by atoms with van der Waals surface area (Å²) >= 11 is 0. The fourth-order valence-corrected chi connectivity index (χ4v) is 3.15. The van der Waals surface area contributed by atoms with Crippen LogP contribution in [0.4, 0.5) is 4.79 Å². The van der Waals surface area contributed by atoms with Gasteiger partial charge < -0.3 is 15.0 Å². The van der Waals surface area contributed by atoms with Crippen molar-refractivity contribution in [2.24, 2.45) is 0 Å².